The Kier molecular flexibility index (Phi) is 3.88. The van der Waals surface area contributed by atoms with E-state index in [1.54, 1.807) is 0 Å². The molecular formula is C13H21N3. The van der Waals surface area contributed by atoms with Gasteiger partial charge in [-0.05, 0) is 37.3 Å². The fourth-order valence-corrected chi connectivity index (χ4v) is 2.22. The second-order valence-electron chi connectivity index (χ2n) is 5.10. The summed E-state index contributed by atoms with van der Waals surface area (Å²) in [6.45, 7) is 5.59. The normalized spacial score (nSPS) is 20.6. The number of nitrogens with zero attached hydrogens (tertiary/aromatic N) is 2. The predicted molar refractivity (Wildman–Crippen MR) is 65.3 cm³/mol. The lowest BCUT2D eigenvalue weighted by molar-refractivity contribution is 0.582. The highest BCUT2D eigenvalue weighted by Crippen LogP contribution is 2.10. The molecule has 1 aromatic heterocycles. The molecule has 1 saturated heterocycles. The minimum absolute atomic E-state index is 0.593. The van der Waals surface area contributed by atoms with E-state index in [9.17, 15) is 0 Å². The Morgan fingerprint density at radius 1 is 1.38 bits per heavy atom. The summed E-state index contributed by atoms with van der Waals surface area (Å²) in [5.41, 5.74) is 1.25. The fraction of sp³-hybridized carbons (Fsp3) is 0.692. The molecule has 1 aromatic rings. The summed E-state index contributed by atoms with van der Waals surface area (Å²) in [7, 11) is 0. The predicted octanol–water partition coefficient (Wildman–Crippen LogP) is 1.97. The minimum atomic E-state index is 0.593. The van der Waals surface area contributed by atoms with E-state index < -0.39 is 0 Å². The first-order chi connectivity index (χ1) is 7.74. The lowest BCUT2D eigenvalue weighted by atomic mass is 10.1. The van der Waals surface area contributed by atoms with Gasteiger partial charge in [0.2, 0.25) is 0 Å². The second kappa shape index (κ2) is 5.39. The molecule has 3 nitrogen and oxygen atoms in total. The van der Waals surface area contributed by atoms with Crippen molar-refractivity contribution in [2.24, 2.45) is 5.92 Å². The van der Waals surface area contributed by atoms with Crippen molar-refractivity contribution >= 4 is 0 Å². The second-order valence-corrected chi connectivity index (χ2v) is 5.10. The summed E-state index contributed by atoms with van der Waals surface area (Å²) < 4.78 is 0. The van der Waals surface area contributed by atoms with Gasteiger partial charge < -0.3 is 5.32 Å². The third kappa shape index (κ3) is 3.27. The van der Waals surface area contributed by atoms with Gasteiger partial charge in [-0.15, -0.1) is 0 Å². The van der Waals surface area contributed by atoms with Crippen molar-refractivity contribution in [3.63, 3.8) is 0 Å². The molecule has 1 aliphatic heterocycles. The maximum Gasteiger partial charge on any atom is 0.129 e. The van der Waals surface area contributed by atoms with Crippen LogP contribution in [0.1, 0.15) is 38.1 Å². The van der Waals surface area contributed by atoms with E-state index in [1.165, 1.54) is 18.4 Å². The van der Waals surface area contributed by atoms with Gasteiger partial charge in [0.25, 0.3) is 0 Å². The Hall–Kier alpha value is -0.960. The van der Waals surface area contributed by atoms with Gasteiger partial charge in [-0.2, -0.15) is 0 Å². The van der Waals surface area contributed by atoms with Crippen LogP contribution in [0.25, 0.3) is 0 Å². The molecule has 0 saturated carbocycles. The van der Waals surface area contributed by atoms with Gasteiger partial charge in [-0.25, -0.2) is 9.97 Å². The molecule has 88 valence electrons. The Morgan fingerprint density at radius 3 is 2.69 bits per heavy atom. The lowest BCUT2D eigenvalue weighted by Crippen LogP contribution is -2.24. The highest BCUT2D eigenvalue weighted by atomic mass is 15.0. The van der Waals surface area contributed by atoms with Crippen molar-refractivity contribution < 1.29 is 0 Å². The molecule has 1 aliphatic rings. The molecular weight excluding hydrogens is 198 g/mol. The zero-order chi connectivity index (χ0) is 11.4. The Morgan fingerprint density at radius 2 is 2.12 bits per heavy atom. The summed E-state index contributed by atoms with van der Waals surface area (Å²) in [6, 6.07) is 0.593. The summed E-state index contributed by atoms with van der Waals surface area (Å²) >= 11 is 0. The molecule has 0 aliphatic carbocycles. The average Bonchev–Trinajstić information content (AvgIpc) is 2.73. The molecule has 1 unspecified atom stereocenters. The SMILES string of the molecule is CC(C)Cc1cnc(CC2CCCN2)nc1. The first-order valence-electron chi connectivity index (χ1n) is 6.27. The topological polar surface area (TPSA) is 37.8 Å². The molecule has 3 heteroatoms. The summed E-state index contributed by atoms with van der Waals surface area (Å²) in [5, 5.41) is 3.47. The van der Waals surface area contributed by atoms with Gasteiger partial charge >= 0.3 is 0 Å². The Bertz CT molecular complexity index is 312. The third-order valence-electron chi connectivity index (χ3n) is 2.99. The molecule has 2 heterocycles. The van der Waals surface area contributed by atoms with E-state index in [4.69, 9.17) is 0 Å². The fourth-order valence-electron chi connectivity index (χ4n) is 2.22. The number of nitrogens with one attached hydrogen (secondary N) is 1. The van der Waals surface area contributed by atoms with Crippen LogP contribution < -0.4 is 5.32 Å². The van der Waals surface area contributed by atoms with Crippen LogP contribution in [0.15, 0.2) is 12.4 Å². The van der Waals surface area contributed by atoms with E-state index in [0.29, 0.717) is 12.0 Å². The highest BCUT2D eigenvalue weighted by Gasteiger charge is 2.15. The quantitative estimate of drug-likeness (QED) is 0.841. The van der Waals surface area contributed by atoms with Gasteiger partial charge in [-0.3, -0.25) is 0 Å². The number of rotatable bonds is 4. The Labute approximate surface area is 97.7 Å². The van der Waals surface area contributed by atoms with Crippen LogP contribution in [0.3, 0.4) is 0 Å². The molecule has 1 atom stereocenters. The van der Waals surface area contributed by atoms with Gasteiger partial charge in [0.15, 0.2) is 0 Å². The number of hydrogen-bond acceptors (Lipinski definition) is 3. The van der Waals surface area contributed by atoms with E-state index in [-0.39, 0.29) is 0 Å². The minimum Gasteiger partial charge on any atom is -0.314 e. The molecule has 0 spiro atoms. The van der Waals surface area contributed by atoms with Crippen molar-refractivity contribution in [3.8, 4) is 0 Å². The van der Waals surface area contributed by atoms with Gasteiger partial charge in [0.05, 0.1) is 0 Å². The average molecular weight is 219 g/mol. The maximum absolute atomic E-state index is 4.44. The van der Waals surface area contributed by atoms with Crippen LogP contribution in [-0.2, 0) is 12.8 Å². The molecule has 16 heavy (non-hydrogen) atoms. The first-order valence-corrected chi connectivity index (χ1v) is 6.27. The standard InChI is InChI=1S/C13H21N3/c1-10(2)6-11-8-15-13(16-9-11)7-12-4-3-5-14-12/h8-10,12,14H,3-7H2,1-2H3. The number of aromatic nitrogens is 2. The van der Waals surface area contributed by atoms with Crippen molar-refractivity contribution in [1.29, 1.82) is 0 Å². The smallest absolute Gasteiger partial charge is 0.129 e. The molecule has 0 bridgehead atoms. The van der Waals surface area contributed by atoms with E-state index in [1.807, 2.05) is 12.4 Å². The van der Waals surface area contributed by atoms with Crippen LogP contribution >= 0.6 is 0 Å². The van der Waals surface area contributed by atoms with Crippen LogP contribution in [0, 0.1) is 5.92 Å². The maximum atomic E-state index is 4.44. The number of hydrogen-bond donors (Lipinski definition) is 1. The molecule has 0 radical (unpaired) electrons. The van der Waals surface area contributed by atoms with Crippen LogP contribution in [-0.4, -0.2) is 22.6 Å². The van der Waals surface area contributed by atoms with Crippen molar-refractivity contribution in [2.75, 3.05) is 6.54 Å². The van der Waals surface area contributed by atoms with E-state index in [0.717, 1.165) is 25.2 Å². The zero-order valence-corrected chi connectivity index (χ0v) is 10.2. The Balaban J connectivity index is 1.90. The highest BCUT2D eigenvalue weighted by molar-refractivity contribution is 5.06. The van der Waals surface area contributed by atoms with Crippen molar-refractivity contribution in [3.05, 3.63) is 23.8 Å². The van der Waals surface area contributed by atoms with Gasteiger partial charge in [0, 0.05) is 24.9 Å². The molecule has 1 N–H and O–H groups in total. The largest absolute Gasteiger partial charge is 0.314 e. The van der Waals surface area contributed by atoms with Crippen LogP contribution in [0.2, 0.25) is 0 Å². The monoisotopic (exact) mass is 219 g/mol. The molecule has 1 fully saturated rings. The molecule has 2 rings (SSSR count). The van der Waals surface area contributed by atoms with Crippen molar-refractivity contribution in [1.82, 2.24) is 15.3 Å². The van der Waals surface area contributed by atoms with Crippen molar-refractivity contribution in [2.45, 2.75) is 45.6 Å². The van der Waals surface area contributed by atoms with Crippen LogP contribution in [0.5, 0.6) is 0 Å². The van der Waals surface area contributed by atoms with Gasteiger partial charge in [0.1, 0.15) is 5.82 Å². The third-order valence-corrected chi connectivity index (χ3v) is 2.99. The van der Waals surface area contributed by atoms with Crippen LogP contribution in [0.4, 0.5) is 0 Å². The molecule has 0 aromatic carbocycles. The first kappa shape index (κ1) is 11.5. The summed E-state index contributed by atoms with van der Waals surface area (Å²) in [6.07, 6.45) is 8.56. The van der Waals surface area contributed by atoms with E-state index in [2.05, 4.69) is 29.1 Å². The lowest BCUT2D eigenvalue weighted by Gasteiger charge is -2.09. The molecule has 0 amide bonds. The summed E-state index contributed by atoms with van der Waals surface area (Å²) in [5.74, 6) is 1.65. The summed E-state index contributed by atoms with van der Waals surface area (Å²) in [4.78, 5) is 8.89. The zero-order valence-electron chi connectivity index (χ0n) is 10.2. The van der Waals surface area contributed by atoms with Gasteiger partial charge in [-0.1, -0.05) is 13.8 Å². The van der Waals surface area contributed by atoms with E-state index >= 15 is 0 Å².